The monoisotopic (exact) mass is 123 g/mol. The maximum atomic E-state index is 5.51. The highest BCUT2D eigenvalue weighted by Gasteiger charge is 1.92. The third-order valence-electron chi connectivity index (χ3n) is 1.25. The van der Waals surface area contributed by atoms with Crippen LogP contribution >= 0.6 is 0 Å². The number of rotatable bonds is 1. The lowest BCUT2D eigenvalue weighted by molar-refractivity contribution is -0.692. The second kappa shape index (κ2) is 2.49. The number of hydrogen-bond acceptors (Lipinski definition) is 1. The molecule has 1 rings (SSSR count). The molecule has 0 aliphatic heterocycles. The number of nitrogen functional groups attached to an aromatic ring is 1. The van der Waals surface area contributed by atoms with Gasteiger partial charge in [-0.05, 0) is 13.0 Å². The van der Waals surface area contributed by atoms with Gasteiger partial charge in [0.25, 0.3) is 0 Å². The zero-order valence-corrected chi connectivity index (χ0v) is 5.54. The van der Waals surface area contributed by atoms with Crippen molar-refractivity contribution in [1.29, 1.82) is 0 Å². The van der Waals surface area contributed by atoms with Crippen molar-refractivity contribution in [1.82, 2.24) is 0 Å². The van der Waals surface area contributed by atoms with Gasteiger partial charge in [0.05, 0.1) is 5.69 Å². The number of nitrogens with two attached hydrogens (primary N) is 1. The van der Waals surface area contributed by atoms with Crippen LogP contribution in [-0.2, 0) is 6.54 Å². The van der Waals surface area contributed by atoms with Gasteiger partial charge in [-0.25, -0.2) is 4.57 Å². The van der Waals surface area contributed by atoms with Gasteiger partial charge < -0.3 is 5.73 Å². The smallest absolute Gasteiger partial charge is 0.191 e. The summed E-state index contributed by atoms with van der Waals surface area (Å²) in [6, 6.07) is 3.82. The third-order valence-corrected chi connectivity index (χ3v) is 1.25. The topological polar surface area (TPSA) is 29.9 Å². The first-order valence-corrected chi connectivity index (χ1v) is 3.07. The molecule has 2 N–H and O–H groups in total. The van der Waals surface area contributed by atoms with Crippen LogP contribution in [0.5, 0.6) is 0 Å². The highest BCUT2D eigenvalue weighted by atomic mass is 14.9. The first-order valence-electron chi connectivity index (χ1n) is 3.07. The van der Waals surface area contributed by atoms with E-state index < -0.39 is 0 Å². The second-order valence-electron chi connectivity index (χ2n) is 1.97. The maximum absolute atomic E-state index is 5.51. The zero-order valence-electron chi connectivity index (χ0n) is 5.54. The molecule has 1 aromatic rings. The molecule has 2 heteroatoms. The minimum absolute atomic E-state index is 0.819. The summed E-state index contributed by atoms with van der Waals surface area (Å²) in [7, 11) is 0. The van der Waals surface area contributed by atoms with Crippen molar-refractivity contribution in [3.8, 4) is 0 Å². The summed E-state index contributed by atoms with van der Waals surface area (Å²) in [5, 5.41) is 0. The first-order chi connectivity index (χ1) is 4.33. The largest absolute Gasteiger partial charge is 0.394 e. The van der Waals surface area contributed by atoms with Crippen LogP contribution in [0, 0.1) is 0 Å². The number of anilines is 1. The van der Waals surface area contributed by atoms with Gasteiger partial charge in [-0.2, -0.15) is 0 Å². The molecule has 0 aliphatic rings. The SMILES string of the molecule is CC[n+]1cccc(N)c1. The Kier molecular flexibility index (Phi) is 1.68. The van der Waals surface area contributed by atoms with Gasteiger partial charge in [-0.15, -0.1) is 0 Å². The fraction of sp³-hybridized carbons (Fsp3) is 0.286. The Morgan fingerprint density at radius 1 is 1.67 bits per heavy atom. The summed E-state index contributed by atoms with van der Waals surface area (Å²) < 4.78 is 2.04. The van der Waals surface area contributed by atoms with E-state index in [1.807, 2.05) is 29.1 Å². The molecular weight excluding hydrogens is 112 g/mol. The minimum atomic E-state index is 0.819. The van der Waals surface area contributed by atoms with E-state index in [2.05, 4.69) is 6.92 Å². The molecule has 0 unspecified atom stereocenters. The Bertz CT molecular complexity index is 196. The van der Waals surface area contributed by atoms with E-state index in [0.717, 1.165) is 12.2 Å². The minimum Gasteiger partial charge on any atom is -0.394 e. The molecule has 0 amide bonds. The van der Waals surface area contributed by atoms with Crippen LogP contribution in [-0.4, -0.2) is 0 Å². The Morgan fingerprint density at radius 3 is 2.89 bits per heavy atom. The predicted octanol–water partition coefficient (Wildman–Crippen LogP) is 0.576. The van der Waals surface area contributed by atoms with Crippen LogP contribution in [0.3, 0.4) is 0 Å². The van der Waals surface area contributed by atoms with Crippen molar-refractivity contribution in [3.63, 3.8) is 0 Å². The van der Waals surface area contributed by atoms with Crippen molar-refractivity contribution in [2.75, 3.05) is 5.73 Å². The molecule has 0 radical (unpaired) electrons. The van der Waals surface area contributed by atoms with Gasteiger partial charge in [-0.1, -0.05) is 0 Å². The van der Waals surface area contributed by atoms with Crippen LogP contribution in [0.25, 0.3) is 0 Å². The van der Waals surface area contributed by atoms with E-state index in [0.29, 0.717) is 0 Å². The van der Waals surface area contributed by atoms with Crippen molar-refractivity contribution >= 4 is 5.69 Å². The Hall–Kier alpha value is -1.05. The highest BCUT2D eigenvalue weighted by Crippen LogP contribution is 1.91. The molecule has 0 spiro atoms. The Morgan fingerprint density at radius 2 is 2.44 bits per heavy atom. The molecule has 1 heterocycles. The average molecular weight is 123 g/mol. The number of aryl methyl sites for hydroxylation is 1. The first kappa shape index (κ1) is 6.08. The fourth-order valence-corrected chi connectivity index (χ4v) is 0.739. The molecule has 0 saturated carbocycles. The van der Waals surface area contributed by atoms with E-state index in [1.165, 1.54) is 0 Å². The lowest BCUT2D eigenvalue weighted by Crippen LogP contribution is -2.31. The van der Waals surface area contributed by atoms with E-state index in [-0.39, 0.29) is 0 Å². The van der Waals surface area contributed by atoms with Crippen molar-refractivity contribution in [3.05, 3.63) is 24.5 Å². The quantitative estimate of drug-likeness (QED) is 0.544. The lowest BCUT2D eigenvalue weighted by Gasteiger charge is -1.90. The maximum Gasteiger partial charge on any atom is 0.191 e. The second-order valence-corrected chi connectivity index (χ2v) is 1.97. The van der Waals surface area contributed by atoms with Gasteiger partial charge >= 0.3 is 0 Å². The van der Waals surface area contributed by atoms with Crippen LogP contribution in [0.2, 0.25) is 0 Å². The number of aromatic nitrogens is 1. The number of pyridine rings is 1. The predicted molar refractivity (Wildman–Crippen MR) is 36.7 cm³/mol. The van der Waals surface area contributed by atoms with Crippen LogP contribution < -0.4 is 10.3 Å². The van der Waals surface area contributed by atoms with E-state index in [4.69, 9.17) is 5.73 Å². The molecule has 48 valence electrons. The molecule has 0 fully saturated rings. The van der Waals surface area contributed by atoms with Crippen LogP contribution in [0.15, 0.2) is 24.5 Å². The molecule has 9 heavy (non-hydrogen) atoms. The van der Waals surface area contributed by atoms with Gasteiger partial charge in [0.1, 0.15) is 6.54 Å². The summed E-state index contributed by atoms with van der Waals surface area (Å²) in [5.74, 6) is 0. The molecule has 0 bridgehead atoms. The summed E-state index contributed by atoms with van der Waals surface area (Å²) in [5.41, 5.74) is 6.33. The molecule has 0 saturated heterocycles. The standard InChI is InChI=1S/C7H11N2/c1-2-9-5-3-4-7(8)6-9/h3-6H,2,8H2,1H3/q+1. The summed E-state index contributed by atoms with van der Waals surface area (Å²) in [4.78, 5) is 0. The van der Waals surface area contributed by atoms with Gasteiger partial charge in [0.15, 0.2) is 12.4 Å². The zero-order chi connectivity index (χ0) is 6.69. The summed E-state index contributed by atoms with van der Waals surface area (Å²) >= 11 is 0. The molecular formula is C7H11N2+. The van der Waals surface area contributed by atoms with Crippen molar-refractivity contribution in [2.45, 2.75) is 13.5 Å². The lowest BCUT2D eigenvalue weighted by atomic mass is 10.4. The van der Waals surface area contributed by atoms with Crippen molar-refractivity contribution in [2.24, 2.45) is 0 Å². The van der Waals surface area contributed by atoms with Crippen LogP contribution in [0.4, 0.5) is 5.69 Å². The van der Waals surface area contributed by atoms with Gasteiger partial charge in [0, 0.05) is 6.07 Å². The third kappa shape index (κ3) is 1.42. The number of hydrogen-bond donors (Lipinski definition) is 1. The van der Waals surface area contributed by atoms with Crippen molar-refractivity contribution < 1.29 is 4.57 Å². The van der Waals surface area contributed by atoms with E-state index in [1.54, 1.807) is 0 Å². The van der Waals surface area contributed by atoms with Gasteiger partial charge in [0.2, 0.25) is 0 Å². The summed E-state index contributed by atoms with van der Waals surface area (Å²) in [6.07, 6.45) is 3.91. The Balaban J connectivity index is 2.94. The van der Waals surface area contributed by atoms with E-state index in [9.17, 15) is 0 Å². The van der Waals surface area contributed by atoms with Crippen LogP contribution in [0.1, 0.15) is 6.92 Å². The number of nitrogens with zero attached hydrogens (tertiary/aromatic N) is 1. The highest BCUT2D eigenvalue weighted by molar-refractivity contribution is 5.30. The molecule has 2 nitrogen and oxygen atoms in total. The van der Waals surface area contributed by atoms with Gasteiger partial charge in [-0.3, -0.25) is 0 Å². The molecule has 1 aromatic heterocycles. The van der Waals surface area contributed by atoms with E-state index >= 15 is 0 Å². The molecule has 0 atom stereocenters. The molecule has 0 aliphatic carbocycles. The molecule has 0 aromatic carbocycles. The normalized spacial score (nSPS) is 9.44. The fourth-order valence-electron chi connectivity index (χ4n) is 0.739. The summed E-state index contributed by atoms with van der Waals surface area (Å²) in [6.45, 7) is 3.06. The average Bonchev–Trinajstić information content (AvgIpc) is 1.88. The Labute approximate surface area is 54.9 Å².